The first kappa shape index (κ1) is 16.1. The van der Waals surface area contributed by atoms with Crippen LogP contribution in [0.5, 0.6) is 0 Å². The van der Waals surface area contributed by atoms with Crippen LogP contribution in [0.3, 0.4) is 0 Å². The van der Waals surface area contributed by atoms with Crippen molar-refractivity contribution >= 4 is 16.7 Å². The third-order valence-corrected chi connectivity index (χ3v) is 1.66. The number of carbonyl (C=O) groups is 1. The fourth-order valence-electron chi connectivity index (χ4n) is 1.13. The Morgan fingerprint density at radius 1 is 0.944 bits per heavy atom. The van der Waals surface area contributed by atoms with E-state index in [0.29, 0.717) is 0 Å². The highest BCUT2D eigenvalue weighted by molar-refractivity contribution is 5.81. The van der Waals surface area contributed by atoms with E-state index in [-0.39, 0.29) is 0 Å². The molecule has 0 fully saturated rings. The van der Waals surface area contributed by atoms with Crippen molar-refractivity contribution in [1.82, 2.24) is 0 Å². The smallest absolute Gasteiger partial charge is 0.300 e. The van der Waals surface area contributed by atoms with Crippen LogP contribution in [-0.2, 0) is 4.79 Å². The summed E-state index contributed by atoms with van der Waals surface area (Å²) in [5, 5.41) is 25.3. The van der Waals surface area contributed by atoms with Gasteiger partial charge in [0.25, 0.3) is 5.97 Å². The molecule has 98 valence electrons. The van der Waals surface area contributed by atoms with Gasteiger partial charge in [-0.15, -0.1) is 0 Å². The maximum Gasteiger partial charge on any atom is 0.300 e. The molecule has 18 heavy (non-hydrogen) atoms. The zero-order valence-corrected chi connectivity index (χ0v) is 10.4. The molecular formula is C14H18O4. The predicted molar refractivity (Wildman–Crippen MR) is 71.2 cm³/mol. The lowest BCUT2D eigenvalue weighted by molar-refractivity contribution is -0.134. The minimum atomic E-state index is -1.17. The number of aliphatic hydroxyl groups is 2. The van der Waals surface area contributed by atoms with E-state index >= 15 is 0 Å². The molecule has 0 saturated heterocycles. The van der Waals surface area contributed by atoms with Crippen LogP contribution in [0.1, 0.15) is 13.8 Å². The van der Waals surface area contributed by atoms with E-state index in [1.165, 1.54) is 17.7 Å². The molecule has 0 bridgehead atoms. The van der Waals surface area contributed by atoms with Crippen LogP contribution in [0.4, 0.5) is 0 Å². The van der Waals surface area contributed by atoms with E-state index in [1.54, 1.807) is 0 Å². The molecule has 0 aromatic heterocycles. The van der Waals surface area contributed by atoms with Gasteiger partial charge in [0.2, 0.25) is 0 Å². The van der Waals surface area contributed by atoms with E-state index in [9.17, 15) is 0 Å². The van der Waals surface area contributed by atoms with Crippen molar-refractivity contribution in [1.29, 1.82) is 0 Å². The van der Waals surface area contributed by atoms with E-state index in [2.05, 4.69) is 48.5 Å². The van der Waals surface area contributed by atoms with Crippen molar-refractivity contribution in [2.24, 2.45) is 0 Å². The minimum Gasteiger partial charge on any atom is -0.481 e. The van der Waals surface area contributed by atoms with Crippen molar-refractivity contribution in [2.45, 2.75) is 20.1 Å². The van der Waals surface area contributed by atoms with E-state index in [4.69, 9.17) is 20.1 Å². The monoisotopic (exact) mass is 250 g/mol. The van der Waals surface area contributed by atoms with E-state index < -0.39 is 12.3 Å². The fourth-order valence-corrected chi connectivity index (χ4v) is 1.13. The molecule has 3 N–H and O–H groups in total. The summed E-state index contributed by atoms with van der Waals surface area (Å²) >= 11 is 0. The van der Waals surface area contributed by atoms with Crippen molar-refractivity contribution < 1.29 is 20.1 Å². The van der Waals surface area contributed by atoms with Crippen LogP contribution in [0.15, 0.2) is 48.5 Å². The van der Waals surface area contributed by atoms with Gasteiger partial charge in [0.1, 0.15) is 6.29 Å². The van der Waals surface area contributed by atoms with Crippen molar-refractivity contribution in [3.8, 4) is 0 Å². The predicted octanol–water partition coefficient (Wildman–Crippen LogP) is 2.25. The number of carboxylic acids is 1. The number of hydrogen-bond donors (Lipinski definition) is 3. The highest BCUT2D eigenvalue weighted by atomic mass is 16.5. The first-order valence-corrected chi connectivity index (χ1v) is 5.43. The van der Waals surface area contributed by atoms with Gasteiger partial charge < -0.3 is 15.3 Å². The van der Waals surface area contributed by atoms with E-state index in [0.717, 1.165) is 6.92 Å². The SMILES string of the molecule is CC(=O)O.CC(O)O.c1ccc2ccccc2c1. The Bertz CT molecular complexity index is 394. The van der Waals surface area contributed by atoms with Crippen molar-refractivity contribution in [2.75, 3.05) is 0 Å². The summed E-state index contributed by atoms with van der Waals surface area (Å²) in [6, 6.07) is 16.7. The van der Waals surface area contributed by atoms with Gasteiger partial charge in [-0.2, -0.15) is 0 Å². The molecule has 0 saturated carbocycles. The molecule has 2 rings (SSSR count). The first-order chi connectivity index (χ1) is 8.43. The van der Waals surface area contributed by atoms with Crippen LogP contribution in [0, 0.1) is 0 Å². The Morgan fingerprint density at radius 2 is 1.11 bits per heavy atom. The second kappa shape index (κ2) is 9.15. The molecule has 0 spiro atoms. The van der Waals surface area contributed by atoms with Gasteiger partial charge in [-0.3, -0.25) is 4.79 Å². The van der Waals surface area contributed by atoms with Crippen LogP contribution in [0.2, 0.25) is 0 Å². The van der Waals surface area contributed by atoms with Gasteiger partial charge in [0, 0.05) is 6.92 Å². The van der Waals surface area contributed by atoms with Crippen LogP contribution in [-0.4, -0.2) is 27.6 Å². The molecule has 4 heteroatoms. The summed E-state index contributed by atoms with van der Waals surface area (Å²) < 4.78 is 0. The second-order valence-corrected chi connectivity index (χ2v) is 3.50. The lowest BCUT2D eigenvalue weighted by atomic mass is 10.1. The molecule has 0 unspecified atom stereocenters. The Kier molecular flexibility index (Phi) is 8.18. The van der Waals surface area contributed by atoms with Crippen molar-refractivity contribution in [3.63, 3.8) is 0 Å². The summed E-state index contributed by atoms with van der Waals surface area (Å²) in [6.07, 6.45) is -1.17. The van der Waals surface area contributed by atoms with Gasteiger partial charge >= 0.3 is 0 Å². The summed E-state index contributed by atoms with van der Waals surface area (Å²) in [4.78, 5) is 9.00. The van der Waals surface area contributed by atoms with Gasteiger partial charge in [-0.1, -0.05) is 48.5 Å². The number of benzene rings is 2. The summed E-state index contributed by atoms with van der Waals surface area (Å²) in [5.74, 6) is -0.833. The zero-order chi connectivity index (χ0) is 14.0. The highest BCUT2D eigenvalue weighted by Crippen LogP contribution is 2.11. The molecular weight excluding hydrogens is 232 g/mol. The molecule has 0 aliphatic carbocycles. The van der Waals surface area contributed by atoms with Crippen LogP contribution in [0.25, 0.3) is 10.8 Å². The third kappa shape index (κ3) is 9.33. The lowest BCUT2D eigenvalue weighted by Gasteiger charge is -1.92. The third-order valence-electron chi connectivity index (χ3n) is 1.66. The second-order valence-electron chi connectivity index (χ2n) is 3.50. The van der Waals surface area contributed by atoms with Crippen LogP contribution >= 0.6 is 0 Å². The Hall–Kier alpha value is -1.91. The number of carboxylic acid groups (broad SMARTS) is 1. The summed E-state index contributed by atoms with van der Waals surface area (Å²) in [7, 11) is 0. The van der Waals surface area contributed by atoms with Gasteiger partial charge in [0.15, 0.2) is 0 Å². The highest BCUT2D eigenvalue weighted by Gasteiger charge is 1.85. The summed E-state index contributed by atoms with van der Waals surface area (Å²) in [6.45, 7) is 2.36. The number of aliphatic hydroxyl groups excluding tert-OH is 1. The maximum absolute atomic E-state index is 9.00. The molecule has 0 aliphatic heterocycles. The topological polar surface area (TPSA) is 77.8 Å². The summed E-state index contributed by atoms with van der Waals surface area (Å²) in [5.41, 5.74) is 0. The van der Waals surface area contributed by atoms with Crippen molar-refractivity contribution in [3.05, 3.63) is 48.5 Å². The zero-order valence-electron chi connectivity index (χ0n) is 10.4. The van der Waals surface area contributed by atoms with Gasteiger partial charge in [0.05, 0.1) is 0 Å². The van der Waals surface area contributed by atoms with Crippen LogP contribution < -0.4 is 0 Å². The first-order valence-electron chi connectivity index (χ1n) is 5.43. The largest absolute Gasteiger partial charge is 0.481 e. The lowest BCUT2D eigenvalue weighted by Crippen LogP contribution is -1.92. The molecule has 0 heterocycles. The minimum absolute atomic E-state index is 0.833. The Morgan fingerprint density at radius 3 is 1.28 bits per heavy atom. The number of rotatable bonds is 0. The van der Waals surface area contributed by atoms with E-state index in [1.807, 2.05) is 0 Å². The van der Waals surface area contributed by atoms with Gasteiger partial charge in [-0.05, 0) is 17.7 Å². The molecule has 4 nitrogen and oxygen atoms in total. The average Bonchev–Trinajstić information content (AvgIpc) is 2.28. The average molecular weight is 250 g/mol. The number of aliphatic carboxylic acids is 1. The number of hydrogen-bond acceptors (Lipinski definition) is 3. The van der Waals surface area contributed by atoms with Gasteiger partial charge in [-0.25, -0.2) is 0 Å². The molecule has 0 aliphatic rings. The molecule has 0 amide bonds. The maximum atomic E-state index is 9.00. The Balaban J connectivity index is 0.000000307. The standard InChI is InChI=1S/C10H8.C2H6O2.C2H4O2/c1-2-6-10-8-4-3-7-9(10)5-1;2*1-2(3)4/h1-8H;2-4H,1H3;1H3,(H,3,4). The normalized spacial score (nSPS) is 8.94. The fraction of sp³-hybridized carbons (Fsp3) is 0.214. The molecule has 0 atom stereocenters. The quantitative estimate of drug-likeness (QED) is 0.627. The molecule has 2 aromatic rings. The molecule has 0 radical (unpaired) electrons. The Labute approximate surface area is 106 Å². The molecule has 2 aromatic carbocycles. The number of fused-ring (bicyclic) bond motifs is 1.